The second kappa shape index (κ2) is 8.21. The molecule has 0 aliphatic carbocycles. The first-order valence-corrected chi connectivity index (χ1v) is 10.2. The van der Waals surface area contributed by atoms with E-state index in [2.05, 4.69) is 9.97 Å². The third kappa shape index (κ3) is 3.84. The number of ether oxygens (including phenoxy) is 1. The summed E-state index contributed by atoms with van der Waals surface area (Å²) in [6, 6.07) is 12.3. The molecule has 0 N–H and O–H groups in total. The summed E-state index contributed by atoms with van der Waals surface area (Å²) in [6.07, 6.45) is 3.25. The number of hydrogen-bond acceptors (Lipinski definition) is 4. The Morgan fingerprint density at radius 2 is 1.71 bits per heavy atom. The maximum absolute atomic E-state index is 14.8. The summed E-state index contributed by atoms with van der Waals surface area (Å²) in [6.45, 7) is 2.21. The quantitative estimate of drug-likeness (QED) is 0.583. The van der Waals surface area contributed by atoms with Gasteiger partial charge in [-0.25, -0.2) is 0 Å². The van der Waals surface area contributed by atoms with Crippen LogP contribution in [0.2, 0.25) is 0 Å². The van der Waals surface area contributed by atoms with Crippen molar-refractivity contribution in [2.24, 2.45) is 0 Å². The van der Waals surface area contributed by atoms with Gasteiger partial charge in [0.05, 0.1) is 13.2 Å². The average molecular weight is 439 g/mol. The fraction of sp³-hybridized carbons (Fsp3) is 0.190. The van der Waals surface area contributed by atoms with E-state index in [0.29, 0.717) is 58.7 Å². The molecule has 0 radical (unpaired) electrons. The molecule has 142 valence electrons. The summed E-state index contributed by atoms with van der Waals surface area (Å²) in [4.78, 5) is 23.0. The van der Waals surface area contributed by atoms with E-state index in [-0.39, 0.29) is 11.7 Å². The first kappa shape index (κ1) is 18.8. The number of halogens is 1. The van der Waals surface area contributed by atoms with E-state index in [1.807, 2.05) is 24.3 Å². The Balaban J connectivity index is 1.69. The molecule has 1 atom stereocenters. The summed E-state index contributed by atoms with van der Waals surface area (Å²) in [5.41, 5.74) is 3.01. The molecule has 2 heterocycles. The molecule has 1 aromatic heterocycles. The standard InChI is InChI=1S/C21H19AsFN3O2/c22-21-24-12-15(13-25-21)17-6-5-14(11-19(17)23)16-3-1-2-4-18(16)20(27)26-7-9-28-10-8-26/h1-6,11-13H,7-10,22H2. The topological polar surface area (TPSA) is 55.3 Å². The molecule has 1 saturated heterocycles. The molecule has 0 spiro atoms. The number of hydrogen-bond donors (Lipinski definition) is 0. The number of morpholine rings is 1. The predicted molar refractivity (Wildman–Crippen MR) is 108 cm³/mol. The van der Waals surface area contributed by atoms with Gasteiger partial charge in [0, 0.05) is 13.1 Å². The van der Waals surface area contributed by atoms with Gasteiger partial charge in [-0.15, -0.1) is 0 Å². The zero-order valence-electron chi connectivity index (χ0n) is 15.1. The zero-order valence-corrected chi connectivity index (χ0v) is 17.6. The molecule has 0 bridgehead atoms. The summed E-state index contributed by atoms with van der Waals surface area (Å²) in [7, 11) is 0. The third-order valence-corrected chi connectivity index (χ3v) is 5.34. The van der Waals surface area contributed by atoms with Crippen LogP contribution in [0.1, 0.15) is 10.4 Å². The summed E-state index contributed by atoms with van der Waals surface area (Å²) in [5.74, 6) is -0.429. The monoisotopic (exact) mass is 439 g/mol. The van der Waals surface area contributed by atoms with Crippen LogP contribution in [0.5, 0.6) is 0 Å². The summed E-state index contributed by atoms with van der Waals surface area (Å²) < 4.78 is 20.9. The Hall–Kier alpha value is -2.56. The first-order valence-electron chi connectivity index (χ1n) is 8.97. The van der Waals surface area contributed by atoms with Gasteiger partial charge in [-0.1, -0.05) is 0 Å². The van der Waals surface area contributed by atoms with Crippen molar-refractivity contribution in [1.82, 2.24) is 14.9 Å². The molecule has 5 nitrogen and oxygen atoms in total. The number of nitrogens with zero attached hydrogens (tertiary/aromatic N) is 3. The van der Waals surface area contributed by atoms with Gasteiger partial charge in [-0.05, 0) is 0 Å². The molecule has 3 aromatic rings. The van der Waals surface area contributed by atoms with Gasteiger partial charge in [-0.3, -0.25) is 0 Å². The van der Waals surface area contributed by atoms with Crippen molar-refractivity contribution in [1.29, 1.82) is 0 Å². The maximum atomic E-state index is 14.8. The molecule has 1 fully saturated rings. The smallest absolute Gasteiger partial charge is 0.378 e. The van der Waals surface area contributed by atoms with Crippen LogP contribution in [0, 0.1) is 5.82 Å². The Kier molecular flexibility index (Phi) is 5.51. The second-order valence-electron chi connectivity index (χ2n) is 6.47. The SMILES string of the molecule is O=C(c1ccccc1-c1ccc(-c2cnc([AsH2])nc2)c(F)c1)N1CCOCC1. The number of rotatable bonds is 3. The predicted octanol–water partition coefficient (Wildman–Crippen LogP) is 1.68. The van der Waals surface area contributed by atoms with Crippen molar-refractivity contribution >= 4 is 27.4 Å². The van der Waals surface area contributed by atoms with Crippen LogP contribution in [0.3, 0.4) is 0 Å². The van der Waals surface area contributed by atoms with Gasteiger partial charge >= 0.3 is 140 Å². The Morgan fingerprint density at radius 1 is 1.00 bits per heavy atom. The van der Waals surface area contributed by atoms with Crippen molar-refractivity contribution in [2.75, 3.05) is 26.3 Å². The summed E-state index contributed by atoms with van der Waals surface area (Å²) >= 11 is 1.32. The normalized spacial score (nSPS) is 14.1. The number of carbonyl (C=O) groups is 1. The molecule has 0 saturated carbocycles. The van der Waals surface area contributed by atoms with E-state index in [9.17, 15) is 9.18 Å². The van der Waals surface area contributed by atoms with Crippen LogP contribution in [0.15, 0.2) is 54.9 Å². The minimum atomic E-state index is -0.371. The van der Waals surface area contributed by atoms with Gasteiger partial charge in [0.25, 0.3) is 0 Å². The van der Waals surface area contributed by atoms with Crippen molar-refractivity contribution in [3.05, 3.63) is 66.2 Å². The van der Waals surface area contributed by atoms with Crippen molar-refractivity contribution in [3.8, 4) is 22.3 Å². The van der Waals surface area contributed by atoms with Gasteiger partial charge in [0.2, 0.25) is 0 Å². The van der Waals surface area contributed by atoms with Crippen LogP contribution in [0.4, 0.5) is 4.39 Å². The molecule has 2 aromatic carbocycles. The average Bonchev–Trinajstić information content (AvgIpc) is 2.74. The van der Waals surface area contributed by atoms with Crippen LogP contribution < -0.4 is 4.61 Å². The molecule has 4 rings (SSSR count). The van der Waals surface area contributed by atoms with Gasteiger partial charge in [0.1, 0.15) is 0 Å². The zero-order chi connectivity index (χ0) is 19.5. The van der Waals surface area contributed by atoms with Crippen molar-refractivity contribution in [2.45, 2.75) is 0 Å². The molecule has 1 unspecified atom stereocenters. The third-order valence-electron chi connectivity index (χ3n) is 4.72. The van der Waals surface area contributed by atoms with Gasteiger partial charge in [0.15, 0.2) is 0 Å². The van der Waals surface area contributed by atoms with Crippen LogP contribution in [-0.2, 0) is 4.74 Å². The number of amides is 1. The number of aromatic nitrogens is 2. The Bertz CT molecular complexity index is 1000. The molecule has 1 aliphatic rings. The van der Waals surface area contributed by atoms with E-state index >= 15 is 0 Å². The van der Waals surface area contributed by atoms with Crippen LogP contribution in [0.25, 0.3) is 22.3 Å². The van der Waals surface area contributed by atoms with E-state index in [1.165, 1.54) is 22.9 Å². The molecule has 1 amide bonds. The summed E-state index contributed by atoms with van der Waals surface area (Å²) in [5, 5.41) is 0. The molecule has 28 heavy (non-hydrogen) atoms. The fourth-order valence-electron chi connectivity index (χ4n) is 3.25. The van der Waals surface area contributed by atoms with Crippen LogP contribution in [-0.4, -0.2) is 63.9 Å². The van der Waals surface area contributed by atoms with E-state index < -0.39 is 0 Å². The second-order valence-corrected chi connectivity index (χ2v) is 7.56. The van der Waals surface area contributed by atoms with Crippen molar-refractivity contribution < 1.29 is 13.9 Å². The molecule has 7 heteroatoms. The number of benzene rings is 2. The number of carbonyl (C=O) groups excluding carboxylic acids is 1. The minimum Gasteiger partial charge on any atom is -0.378 e. The van der Waals surface area contributed by atoms with E-state index in [0.717, 1.165) is 0 Å². The minimum absolute atomic E-state index is 0.0582. The van der Waals surface area contributed by atoms with Crippen LogP contribution >= 0.6 is 0 Å². The Labute approximate surface area is 171 Å². The Morgan fingerprint density at radius 3 is 2.43 bits per heavy atom. The molecular formula is C21H19AsFN3O2. The molecule has 1 aliphatic heterocycles. The molecular weight excluding hydrogens is 420 g/mol. The first-order chi connectivity index (χ1) is 13.6. The van der Waals surface area contributed by atoms with E-state index in [4.69, 9.17) is 4.74 Å². The van der Waals surface area contributed by atoms with Crippen molar-refractivity contribution in [3.63, 3.8) is 0 Å². The fourth-order valence-corrected chi connectivity index (χ4v) is 3.56. The van der Waals surface area contributed by atoms with E-state index in [1.54, 1.807) is 29.4 Å². The van der Waals surface area contributed by atoms with Gasteiger partial charge < -0.3 is 4.74 Å². The van der Waals surface area contributed by atoms with Gasteiger partial charge in [-0.2, -0.15) is 0 Å².